The fourth-order valence-corrected chi connectivity index (χ4v) is 2.76. The number of hydrogen-bond donors (Lipinski definition) is 1. The Morgan fingerprint density at radius 3 is 2.60 bits per heavy atom. The molecule has 15 heavy (non-hydrogen) atoms. The largest absolute Gasteiger partial charge is 1.00 e. The van der Waals surface area contributed by atoms with Crippen LogP contribution in [0.25, 0.3) is 0 Å². The summed E-state index contributed by atoms with van der Waals surface area (Å²) in [7, 11) is 0. The molecule has 0 bridgehead atoms. The summed E-state index contributed by atoms with van der Waals surface area (Å²) in [6, 6.07) is 0. The van der Waals surface area contributed by atoms with Gasteiger partial charge in [-0.3, -0.25) is 0 Å². The molecule has 2 unspecified atom stereocenters. The second-order valence-corrected chi connectivity index (χ2v) is 4.96. The van der Waals surface area contributed by atoms with E-state index in [0.29, 0.717) is 0 Å². The highest BCUT2D eigenvalue weighted by Gasteiger charge is 2.21. The van der Waals surface area contributed by atoms with Gasteiger partial charge in [0, 0.05) is 5.92 Å². The fourth-order valence-electron chi connectivity index (χ4n) is 2.76. The summed E-state index contributed by atoms with van der Waals surface area (Å²) in [4.78, 5) is 1.89. The molecule has 0 radical (unpaired) electrons. The molecule has 1 rings (SSSR count). The normalized spacial score (nSPS) is 26.0. The van der Waals surface area contributed by atoms with E-state index in [-0.39, 0.29) is 12.4 Å². The van der Waals surface area contributed by atoms with Gasteiger partial charge in [0.15, 0.2) is 0 Å². The number of piperidine rings is 1. The maximum absolute atomic E-state index is 2.32. The second-order valence-electron chi connectivity index (χ2n) is 4.96. The molecule has 0 amide bonds. The average Bonchev–Trinajstić information content (AvgIpc) is 2.19. The van der Waals surface area contributed by atoms with E-state index in [1.165, 1.54) is 64.6 Å². The van der Waals surface area contributed by atoms with E-state index in [1.807, 2.05) is 4.90 Å². The summed E-state index contributed by atoms with van der Waals surface area (Å²) in [6.07, 6.45) is 10.1. The molecule has 0 spiro atoms. The smallest absolute Gasteiger partial charge is 0.0799 e. The van der Waals surface area contributed by atoms with E-state index < -0.39 is 0 Å². The Kier molecular flexibility index (Phi) is 9.63. The van der Waals surface area contributed by atoms with Crippen LogP contribution in [-0.2, 0) is 0 Å². The molecule has 0 aliphatic carbocycles. The highest BCUT2D eigenvalue weighted by Crippen LogP contribution is 2.13. The molecule has 1 saturated heterocycles. The zero-order valence-electron chi connectivity index (χ0n) is 10.5. The summed E-state index contributed by atoms with van der Waals surface area (Å²) < 4.78 is 0. The van der Waals surface area contributed by atoms with E-state index in [1.54, 1.807) is 0 Å². The average molecular weight is 234 g/mol. The number of rotatable bonds is 6. The van der Waals surface area contributed by atoms with Crippen LogP contribution in [0.3, 0.4) is 0 Å². The van der Waals surface area contributed by atoms with Gasteiger partial charge >= 0.3 is 0 Å². The van der Waals surface area contributed by atoms with Crippen molar-refractivity contribution >= 4 is 0 Å². The highest BCUT2D eigenvalue weighted by atomic mass is 35.5. The van der Waals surface area contributed by atoms with Crippen molar-refractivity contribution in [3.05, 3.63) is 0 Å². The van der Waals surface area contributed by atoms with Gasteiger partial charge in [0.1, 0.15) is 0 Å². The monoisotopic (exact) mass is 233 g/mol. The molecule has 1 aliphatic heterocycles. The van der Waals surface area contributed by atoms with Gasteiger partial charge in [-0.2, -0.15) is 0 Å². The molecule has 1 heterocycles. The summed E-state index contributed by atoms with van der Waals surface area (Å²) >= 11 is 0. The van der Waals surface area contributed by atoms with Gasteiger partial charge < -0.3 is 17.3 Å². The minimum atomic E-state index is 0. The van der Waals surface area contributed by atoms with Crippen LogP contribution >= 0.6 is 0 Å². The summed E-state index contributed by atoms with van der Waals surface area (Å²) in [6.45, 7) is 8.98. The van der Waals surface area contributed by atoms with Gasteiger partial charge in [-0.25, -0.2) is 0 Å². The topological polar surface area (TPSA) is 4.44 Å². The van der Waals surface area contributed by atoms with E-state index in [9.17, 15) is 0 Å². The first-order valence-electron chi connectivity index (χ1n) is 6.70. The van der Waals surface area contributed by atoms with Crippen molar-refractivity contribution < 1.29 is 17.3 Å². The summed E-state index contributed by atoms with van der Waals surface area (Å²) in [5.41, 5.74) is 0. The van der Waals surface area contributed by atoms with Crippen LogP contribution in [0.4, 0.5) is 0 Å². The molecule has 1 nitrogen and oxygen atoms in total. The predicted octanol–water partition coefficient (Wildman–Crippen LogP) is -0.724. The van der Waals surface area contributed by atoms with Gasteiger partial charge in [-0.1, -0.05) is 26.7 Å². The Labute approximate surface area is 102 Å². The number of unbranched alkanes of at least 4 members (excludes halogenated alkanes) is 2. The van der Waals surface area contributed by atoms with Crippen molar-refractivity contribution in [3.63, 3.8) is 0 Å². The quantitative estimate of drug-likeness (QED) is 0.578. The first kappa shape index (κ1) is 15.2. The number of nitrogens with one attached hydrogen (secondary N) is 1. The maximum Gasteiger partial charge on any atom is 0.0799 e. The Morgan fingerprint density at radius 2 is 1.93 bits per heavy atom. The van der Waals surface area contributed by atoms with Crippen molar-refractivity contribution in [2.75, 3.05) is 19.6 Å². The number of halogens is 1. The molecule has 2 heteroatoms. The Balaban J connectivity index is 0.00000196. The third-order valence-electron chi connectivity index (χ3n) is 3.55. The molecule has 0 aromatic rings. The number of likely N-dealkylation sites (tertiary alicyclic amines) is 1. The zero-order valence-corrected chi connectivity index (χ0v) is 11.3. The molecule has 0 saturated carbocycles. The molecule has 1 fully saturated rings. The summed E-state index contributed by atoms with van der Waals surface area (Å²) in [5.74, 6) is 1.05. The van der Waals surface area contributed by atoms with Gasteiger partial charge in [0.05, 0.1) is 19.6 Å². The van der Waals surface area contributed by atoms with Crippen molar-refractivity contribution in [2.24, 2.45) is 5.92 Å². The van der Waals surface area contributed by atoms with Crippen LogP contribution in [-0.4, -0.2) is 19.6 Å². The van der Waals surface area contributed by atoms with Gasteiger partial charge in [0.2, 0.25) is 0 Å². The van der Waals surface area contributed by atoms with Crippen molar-refractivity contribution in [1.82, 2.24) is 0 Å². The van der Waals surface area contributed by atoms with Crippen LogP contribution in [0, 0.1) is 5.92 Å². The van der Waals surface area contributed by atoms with Crippen LogP contribution in [0.5, 0.6) is 0 Å². The second kappa shape index (κ2) is 9.47. The third kappa shape index (κ3) is 6.42. The third-order valence-corrected chi connectivity index (χ3v) is 3.55. The van der Waals surface area contributed by atoms with Crippen molar-refractivity contribution in [1.29, 1.82) is 0 Å². The van der Waals surface area contributed by atoms with E-state index >= 15 is 0 Å². The van der Waals surface area contributed by atoms with Crippen molar-refractivity contribution in [3.8, 4) is 0 Å². The van der Waals surface area contributed by atoms with Crippen LogP contribution in [0.1, 0.15) is 58.8 Å². The minimum absolute atomic E-state index is 0. The SMILES string of the molecule is CCCCC[NH+]1CCCC(CCC)C1.[Cl-]. The number of quaternary nitrogens is 1. The molecule has 1 aliphatic rings. The number of hydrogen-bond acceptors (Lipinski definition) is 0. The molecule has 0 aromatic carbocycles. The lowest BCUT2D eigenvalue weighted by Crippen LogP contribution is -3.13. The molecular weight excluding hydrogens is 206 g/mol. The standard InChI is InChI=1S/C13H27N.ClH/c1-3-5-6-10-14-11-7-9-13(12-14)8-4-2;/h13H,3-12H2,1-2H3;1H. The lowest BCUT2D eigenvalue weighted by molar-refractivity contribution is -0.909. The van der Waals surface area contributed by atoms with Gasteiger partial charge in [0.25, 0.3) is 0 Å². The molecule has 2 atom stereocenters. The van der Waals surface area contributed by atoms with Crippen LogP contribution in [0.15, 0.2) is 0 Å². The van der Waals surface area contributed by atoms with Gasteiger partial charge in [-0.05, 0) is 32.1 Å². The summed E-state index contributed by atoms with van der Waals surface area (Å²) in [5, 5.41) is 0. The Hall–Kier alpha value is 0.250. The van der Waals surface area contributed by atoms with Crippen LogP contribution in [0.2, 0.25) is 0 Å². The molecule has 0 aromatic heterocycles. The zero-order chi connectivity index (χ0) is 10.2. The lowest BCUT2D eigenvalue weighted by atomic mass is 9.93. The first-order chi connectivity index (χ1) is 6.86. The minimum Gasteiger partial charge on any atom is -1.00 e. The fraction of sp³-hybridized carbons (Fsp3) is 1.00. The highest BCUT2D eigenvalue weighted by molar-refractivity contribution is 4.61. The molecule has 1 N–H and O–H groups in total. The van der Waals surface area contributed by atoms with E-state index in [0.717, 1.165) is 5.92 Å². The predicted molar refractivity (Wildman–Crippen MR) is 62.7 cm³/mol. The van der Waals surface area contributed by atoms with Crippen molar-refractivity contribution in [2.45, 2.75) is 58.8 Å². The first-order valence-corrected chi connectivity index (χ1v) is 6.70. The van der Waals surface area contributed by atoms with E-state index in [2.05, 4.69) is 13.8 Å². The lowest BCUT2D eigenvalue weighted by Gasteiger charge is -2.29. The Morgan fingerprint density at radius 1 is 1.13 bits per heavy atom. The molecule has 92 valence electrons. The van der Waals surface area contributed by atoms with Gasteiger partial charge in [-0.15, -0.1) is 0 Å². The Bertz CT molecular complexity index is 136. The molecular formula is C13H28ClN. The van der Waals surface area contributed by atoms with E-state index in [4.69, 9.17) is 0 Å². The van der Waals surface area contributed by atoms with Crippen LogP contribution < -0.4 is 17.3 Å². The maximum atomic E-state index is 2.32.